The predicted octanol–water partition coefficient (Wildman–Crippen LogP) is 3.10. The lowest BCUT2D eigenvalue weighted by molar-refractivity contribution is 0.216. The van der Waals surface area contributed by atoms with Crippen LogP contribution in [0, 0.1) is 5.92 Å². The molecule has 0 saturated carbocycles. The average Bonchev–Trinajstić information content (AvgIpc) is 2.41. The van der Waals surface area contributed by atoms with Gasteiger partial charge in [0.2, 0.25) is 0 Å². The van der Waals surface area contributed by atoms with Gasteiger partial charge in [-0.3, -0.25) is 4.90 Å². The summed E-state index contributed by atoms with van der Waals surface area (Å²) in [4.78, 5) is 2.51. The molecule has 1 aromatic rings. The molecule has 1 heterocycles. The van der Waals surface area contributed by atoms with Crippen molar-refractivity contribution in [1.29, 1.82) is 0 Å². The van der Waals surface area contributed by atoms with E-state index in [-0.39, 0.29) is 12.4 Å². The van der Waals surface area contributed by atoms with Crippen LogP contribution < -0.4 is 5.32 Å². The van der Waals surface area contributed by atoms with Crippen LogP contribution in [0.25, 0.3) is 0 Å². The number of piperidine rings is 1. The van der Waals surface area contributed by atoms with E-state index in [1.807, 2.05) is 6.08 Å². The summed E-state index contributed by atoms with van der Waals surface area (Å²) in [6.07, 6.45) is 4.63. The first-order valence-electron chi connectivity index (χ1n) is 6.96. The fraction of sp³-hybridized carbons (Fsp3) is 0.500. The monoisotopic (exact) mass is 280 g/mol. The van der Waals surface area contributed by atoms with Crippen molar-refractivity contribution in [3.05, 3.63) is 48.6 Å². The van der Waals surface area contributed by atoms with Gasteiger partial charge in [0, 0.05) is 19.6 Å². The quantitative estimate of drug-likeness (QED) is 0.806. The Balaban J connectivity index is 0.00000180. The van der Waals surface area contributed by atoms with Gasteiger partial charge in [0.15, 0.2) is 0 Å². The molecule has 2 rings (SSSR count). The highest BCUT2D eigenvalue weighted by molar-refractivity contribution is 5.85. The summed E-state index contributed by atoms with van der Waals surface area (Å²) >= 11 is 0. The molecular weight excluding hydrogens is 256 g/mol. The normalized spacial score (nSPS) is 16.1. The van der Waals surface area contributed by atoms with E-state index in [0.717, 1.165) is 19.0 Å². The highest BCUT2D eigenvalue weighted by atomic mass is 35.5. The second-order valence-corrected chi connectivity index (χ2v) is 5.16. The third-order valence-corrected chi connectivity index (χ3v) is 3.61. The lowest BCUT2D eigenvalue weighted by atomic mass is 9.97. The number of hydrogen-bond donors (Lipinski definition) is 1. The average molecular weight is 281 g/mol. The standard InChI is InChI=1S/C16H24N2.ClH/c1-2-12-18(13-15-6-4-3-5-7-15)14-16-8-10-17-11-9-16;/h2-7,16-17H,1,8-14H2;1H. The number of hydrogen-bond acceptors (Lipinski definition) is 2. The van der Waals surface area contributed by atoms with Gasteiger partial charge in [0.1, 0.15) is 0 Å². The van der Waals surface area contributed by atoms with E-state index in [2.05, 4.69) is 47.1 Å². The molecule has 106 valence electrons. The maximum Gasteiger partial charge on any atom is 0.0237 e. The zero-order valence-electron chi connectivity index (χ0n) is 11.6. The molecule has 1 aliphatic heterocycles. The highest BCUT2D eigenvalue weighted by Crippen LogP contribution is 2.15. The summed E-state index contributed by atoms with van der Waals surface area (Å²) < 4.78 is 0. The van der Waals surface area contributed by atoms with Crippen LogP contribution in [-0.2, 0) is 6.54 Å². The van der Waals surface area contributed by atoms with Gasteiger partial charge in [-0.1, -0.05) is 36.4 Å². The van der Waals surface area contributed by atoms with E-state index in [4.69, 9.17) is 0 Å². The van der Waals surface area contributed by atoms with Crippen molar-refractivity contribution >= 4 is 12.4 Å². The van der Waals surface area contributed by atoms with Gasteiger partial charge in [-0.15, -0.1) is 19.0 Å². The van der Waals surface area contributed by atoms with E-state index >= 15 is 0 Å². The van der Waals surface area contributed by atoms with Gasteiger partial charge in [0.25, 0.3) is 0 Å². The molecule has 19 heavy (non-hydrogen) atoms. The van der Waals surface area contributed by atoms with Crippen molar-refractivity contribution in [2.24, 2.45) is 5.92 Å². The van der Waals surface area contributed by atoms with E-state index in [0.29, 0.717) is 0 Å². The molecule has 1 fully saturated rings. The first kappa shape index (κ1) is 16.2. The molecule has 3 heteroatoms. The van der Waals surface area contributed by atoms with Crippen molar-refractivity contribution in [2.45, 2.75) is 19.4 Å². The number of benzene rings is 1. The molecule has 0 aliphatic carbocycles. The first-order chi connectivity index (χ1) is 8.88. The van der Waals surface area contributed by atoms with Crippen molar-refractivity contribution in [3.8, 4) is 0 Å². The second kappa shape index (κ2) is 9.13. The highest BCUT2D eigenvalue weighted by Gasteiger charge is 2.16. The Morgan fingerprint density at radius 1 is 1.21 bits per heavy atom. The van der Waals surface area contributed by atoms with Crippen LogP contribution in [0.3, 0.4) is 0 Å². The molecule has 0 amide bonds. The summed E-state index contributed by atoms with van der Waals surface area (Å²) in [5, 5.41) is 3.43. The largest absolute Gasteiger partial charge is 0.317 e. The summed E-state index contributed by atoms with van der Waals surface area (Å²) in [5.74, 6) is 0.843. The minimum Gasteiger partial charge on any atom is -0.317 e. The molecule has 0 aromatic heterocycles. The molecule has 1 N–H and O–H groups in total. The van der Waals surface area contributed by atoms with Crippen LogP contribution >= 0.6 is 12.4 Å². The van der Waals surface area contributed by atoms with Crippen molar-refractivity contribution < 1.29 is 0 Å². The van der Waals surface area contributed by atoms with Crippen molar-refractivity contribution in [1.82, 2.24) is 10.2 Å². The number of nitrogens with zero attached hydrogens (tertiary/aromatic N) is 1. The minimum absolute atomic E-state index is 0. The Morgan fingerprint density at radius 3 is 2.53 bits per heavy atom. The van der Waals surface area contributed by atoms with E-state index in [1.165, 1.54) is 38.0 Å². The SMILES string of the molecule is C=CCN(Cc1ccccc1)CC1CCNCC1.Cl. The summed E-state index contributed by atoms with van der Waals surface area (Å²) in [6, 6.07) is 10.7. The third kappa shape index (κ3) is 5.77. The van der Waals surface area contributed by atoms with Gasteiger partial charge in [0.05, 0.1) is 0 Å². The lowest BCUT2D eigenvalue weighted by Gasteiger charge is -2.29. The Morgan fingerprint density at radius 2 is 1.89 bits per heavy atom. The summed E-state index contributed by atoms with van der Waals surface area (Å²) in [6.45, 7) is 9.46. The maximum atomic E-state index is 3.88. The number of halogens is 1. The molecular formula is C16H25ClN2. The molecule has 2 nitrogen and oxygen atoms in total. The van der Waals surface area contributed by atoms with E-state index in [1.54, 1.807) is 0 Å². The molecule has 1 aromatic carbocycles. The topological polar surface area (TPSA) is 15.3 Å². The number of rotatable bonds is 6. The Bertz CT molecular complexity index is 347. The zero-order valence-corrected chi connectivity index (χ0v) is 12.4. The lowest BCUT2D eigenvalue weighted by Crippen LogP contribution is -2.36. The van der Waals surface area contributed by atoms with Crippen molar-refractivity contribution in [3.63, 3.8) is 0 Å². The van der Waals surface area contributed by atoms with Crippen LogP contribution in [0.5, 0.6) is 0 Å². The predicted molar refractivity (Wildman–Crippen MR) is 84.8 cm³/mol. The molecule has 1 aliphatic rings. The molecule has 0 atom stereocenters. The zero-order chi connectivity index (χ0) is 12.6. The van der Waals surface area contributed by atoms with Crippen LogP contribution in [0.4, 0.5) is 0 Å². The fourth-order valence-corrected chi connectivity index (χ4v) is 2.66. The Labute approximate surface area is 123 Å². The molecule has 0 spiro atoms. The molecule has 0 radical (unpaired) electrons. The smallest absolute Gasteiger partial charge is 0.0237 e. The van der Waals surface area contributed by atoms with Gasteiger partial charge in [-0.05, 0) is 37.4 Å². The van der Waals surface area contributed by atoms with Crippen LogP contribution in [0.15, 0.2) is 43.0 Å². The van der Waals surface area contributed by atoms with Gasteiger partial charge >= 0.3 is 0 Å². The van der Waals surface area contributed by atoms with Gasteiger partial charge < -0.3 is 5.32 Å². The summed E-state index contributed by atoms with van der Waals surface area (Å²) in [7, 11) is 0. The molecule has 1 saturated heterocycles. The number of nitrogens with one attached hydrogen (secondary N) is 1. The fourth-order valence-electron chi connectivity index (χ4n) is 2.66. The third-order valence-electron chi connectivity index (χ3n) is 3.61. The van der Waals surface area contributed by atoms with E-state index in [9.17, 15) is 0 Å². The molecule has 0 unspecified atom stereocenters. The minimum atomic E-state index is 0. The Hall–Kier alpha value is -0.830. The van der Waals surface area contributed by atoms with Crippen LogP contribution in [-0.4, -0.2) is 31.1 Å². The van der Waals surface area contributed by atoms with Gasteiger partial charge in [-0.25, -0.2) is 0 Å². The van der Waals surface area contributed by atoms with E-state index < -0.39 is 0 Å². The van der Waals surface area contributed by atoms with Crippen molar-refractivity contribution in [2.75, 3.05) is 26.2 Å². The second-order valence-electron chi connectivity index (χ2n) is 5.16. The van der Waals surface area contributed by atoms with Crippen LogP contribution in [0.2, 0.25) is 0 Å². The first-order valence-corrected chi connectivity index (χ1v) is 6.96. The molecule has 0 bridgehead atoms. The maximum absolute atomic E-state index is 3.88. The van der Waals surface area contributed by atoms with Gasteiger partial charge in [-0.2, -0.15) is 0 Å². The van der Waals surface area contributed by atoms with Crippen LogP contribution in [0.1, 0.15) is 18.4 Å². The summed E-state index contributed by atoms with van der Waals surface area (Å²) in [5.41, 5.74) is 1.40. The Kier molecular flexibility index (Phi) is 7.80.